The zero-order valence-corrected chi connectivity index (χ0v) is 12.8. The summed E-state index contributed by atoms with van der Waals surface area (Å²) in [6.45, 7) is 7.77. The van der Waals surface area contributed by atoms with Crippen LogP contribution in [0.2, 0.25) is 0 Å². The molecule has 0 amide bonds. The number of nitrogens with one attached hydrogen (secondary N) is 1. The Morgan fingerprint density at radius 3 is 2.79 bits per heavy atom. The van der Waals surface area contributed by atoms with E-state index >= 15 is 0 Å². The lowest BCUT2D eigenvalue weighted by Crippen LogP contribution is -2.49. The molecule has 2 atom stereocenters. The Balaban J connectivity index is 1.76. The fraction of sp³-hybridized carbons (Fsp3) is 0.800. The van der Waals surface area contributed by atoms with Crippen LogP contribution < -0.4 is 5.32 Å². The van der Waals surface area contributed by atoms with Crippen LogP contribution in [0.5, 0.6) is 0 Å². The molecule has 2 unspecified atom stereocenters. The number of hydrogen-bond acceptors (Lipinski definition) is 3. The molecule has 1 aromatic heterocycles. The van der Waals surface area contributed by atoms with Gasteiger partial charge in [-0.05, 0) is 44.8 Å². The maximum Gasteiger partial charge on any atom is 0.122 e. The first-order valence-corrected chi connectivity index (χ1v) is 7.45. The largest absolute Gasteiger partial charge is 0.337 e. The highest BCUT2D eigenvalue weighted by atomic mass is 15.2. The average Bonchev–Trinajstić information content (AvgIpc) is 2.68. The van der Waals surface area contributed by atoms with Gasteiger partial charge in [0.2, 0.25) is 0 Å². The summed E-state index contributed by atoms with van der Waals surface area (Å²) in [5, 5.41) is 3.59. The summed E-state index contributed by atoms with van der Waals surface area (Å²) in [7, 11) is 4.30. The van der Waals surface area contributed by atoms with Gasteiger partial charge in [0.25, 0.3) is 0 Å². The minimum atomic E-state index is 0.719. The summed E-state index contributed by atoms with van der Waals surface area (Å²) in [5.41, 5.74) is 0. The molecule has 19 heavy (non-hydrogen) atoms. The van der Waals surface area contributed by atoms with Crippen LogP contribution in [0.3, 0.4) is 0 Å². The monoisotopic (exact) mass is 264 g/mol. The van der Waals surface area contributed by atoms with Gasteiger partial charge in [-0.2, -0.15) is 0 Å². The van der Waals surface area contributed by atoms with E-state index in [9.17, 15) is 0 Å². The topological polar surface area (TPSA) is 33.1 Å². The van der Waals surface area contributed by atoms with Crippen LogP contribution >= 0.6 is 0 Å². The Kier molecular flexibility index (Phi) is 4.99. The summed E-state index contributed by atoms with van der Waals surface area (Å²) in [6, 6.07) is 0.719. The molecule has 4 heteroatoms. The SMILES string of the molecule is CC(C)CNCC1CCC1N(C)Cc1nccn1C. The second kappa shape index (κ2) is 6.53. The standard InChI is InChI=1S/C15H28N4/c1-12(2)9-16-10-13-5-6-14(13)19(4)11-15-17-7-8-18(15)3/h7-8,12-14,16H,5-6,9-11H2,1-4H3. The van der Waals surface area contributed by atoms with E-state index in [1.54, 1.807) is 0 Å². The van der Waals surface area contributed by atoms with Crippen LogP contribution in [0.15, 0.2) is 12.4 Å². The highest BCUT2D eigenvalue weighted by Crippen LogP contribution is 2.31. The quantitative estimate of drug-likeness (QED) is 0.816. The predicted octanol–water partition coefficient (Wildman–Crippen LogP) is 1.88. The van der Waals surface area contributed by atoms with Crippen molar-refractivity contribution in [3.05, 3.63) is 18.2 Å². The van der Waals surface area contributed by atoms with Crippen molar-refractivity contribution in [2.24, 2.45) is 18.9 Å². The fourth-order valence-corrected chi connectivity index (χ4v) is 2.82. The Labute approximate surface area is 117 Å². The molecular formula is C15H28N4. The number of aryl methyl sites for hydroxylation is 1. The maximum absolute atomic E-state index is 4.41. The van der Waals surface area contributed by atoms with Crippen molar-refractivity contribution in [3.63, 3.8) is 0 Å². The Morgan fingerprint density at radius 2 is 2.26 bits per heavy atom. The molecule has 0 spiro atoms. The third-order valence-electron chi connectivity index (χ3n) is 4.21. The van der Waals surface area contributed by atoms with Crippen molar-refractivity contribution < 1.29 is 0 Å². The van der Waals surface area contributed by atoms with Crippen LogP contribution in [-0.2, 0) is 13.6 Å². The maximum atomic E-state index is 4.41. The summed E-state index contributed by atoms with van der Waals surface area (Å²) in [6.07, 6.45) is 6.59. The Morgan fingerprint density at radius 1 is 1.47 bits per heavy atom. The first-order valence-electron chi connectivity index (χ1n) is 7.45. The molecule has 0 radical (unpaired) electrons. The minimum absolute atomic E-state index is 0.719. The van der Waals surface area contributed by atoms with Crippen LogP contribution in [0.4, 0.5) is 0 Å². The van der Waals surface area contributed by atoms with Crippen molar-refractivity contribution in [1.29, 1.82) is 0 Å². The lowest BCUT2D eigenvalue weighted by atomic mass is 9.78. The number of imidazole rings is 1. The first-order chi connectivity index (χ1) is 9.08. The lowest BCUT2D eigenvalue weighted by Gasteiger charge is -2.43. The fourth-order valence-electron chi connectivity index (χ4n) is 2.82. The highest BCUT2D eigenvalue weighted by Gasteiger charge is 2.33. The van der Waals surface area contributed by atoms with E-state index in [0.717, 1.165) is 43.3 Å². The molecule has 1 fully saturated rings. The number of aromatic nitrogens is 2. The molecule has 0 bridgehead atoms. The van der Waals surface area contributed by atoms with E-state index in [1.165, 1.54) is 12.8 Å². The second-order valence-electron chi connectivity index (χ2n) is 6.33. The van der Waals surface area contributed by atoms with Gasteiger partial charge < -0.3 is 9.88 Å². The Hall–Kier alpha value is -0.870. The summed E-state index contributed by atoms with van der Waals surface area (Å²) in [4.78, 5) is 6.88. The summed E-state index contributed by atoms with van der Waals surface area (Å²) >= 11 is 0. The molecular weight excluding hydrogens is 236 g/mol. The van der Waals surface area contributed by atoms with Gasteiger partial charge in [-0.15, -0.1) is 0 Å². The molecule has 108 valence electrons. The van der Waals surface area contributed by atoms with Gasteiger partial charge >= 0.3 is 0 Å². The van der Waals surface area contributed by atoms with Gasteiger partial charge in [0, 0.05) is 25.5 Å². The molecule has 0 aliphatic heterocycles. The van der Waals surface area contributed by atoms with E-state index < -0.39 is 0 Å². The van der Waals surface area contributed by atoms with Gasteiger partial charge in [0.1, 0.15) is 5.82 Å². The Bertz CT molecular complexity index is 385. The third-order valence-corrected chi connectivity index (χ3v) is 4.21. The molecule has 1 aliphatic rings. The van der Waals surface area contributed by atoms with Gasteiger partial charge in [-0.1, -0.05) is 13.8 Å². The second-order valence-corrected chi connectivity index (χ2v) is 6.33. The van der Waals surface area contributed by atoms with E-state index in [-0.39, 0.29) is 0 Å². The van der Waals surface area contributed by atoms with Crippen molar-refractivity contribution in [1.82, 2.24) is 19.8 Å². The van der Waals surface area contributed by atoms with E-state index in [1.807, 2.05) is 12.4 Å². The first kappa shape index (κ1) is 14.5. The predicted molar refractivity (Wildman–Crippen MR) is 78.9 cm³/mol. The van der Waals surface area contributed by atoms with E-state index in [0.29, 0.717) is 0 Å². The zero-order chi connectivity index (χ0) is 13.8. The summed E-state index contributed by atoms with van der Waals surface area (Å²) < 4.78 is 2.11. The highest BCUT2D eigenvalue weighted by molar-refractivity contribution is 4.95. The van der Waals surface area contributed by atoms with Crippen molar-refractivity contribution in [2.75, 3.05) is 20.1 Å². The van der Waals surface area contributed by atoms with Gasteiger partial charge in [0.15, 0.2) is 0 Å². The zero-order valence-electron chi connectivity index (χ0n) is 12.8. The van der Waals surface area contributed by atoms with Gasteiger partial charge in [-0.3, -0.25) is 4.90 Å². The van der Waals surface area contributed by atoms with E-state index in [4.69, 9.17) is 0 Å². The van der Waals surface area contributed by atoms with Crippen LogP contribution in [0.25, 0.3) is 0 Å². The van der Waals surface area contributed by atoms with Crippen LogP contribution in [0.1, 0.15) is 32.5 Å². The average molecular weight is 264 g/mol. The molecule has 0 saturated heterocycles. The number of rotatable bonds is 7. The summed E-state index contributed by atoms with van der Waals surface area (Å²) in [5.74, 6) is 2.70. The third kappa shape index (κ3) is 3.80. The minimum Gasteiger partial charge on any atom is -0.337 e. The molecule has 4 nitrogen and oxygen atoms in total. The lowest BCUT2D eigenvalue weighted by molar-refractivity contribution is 0.0750. The molecule has 2 rings (SSSR count). The normalized spacial score (nSPS) is 23.1. The smallest absolute Gasteiger partial charge is 0.122 e. The van der Waals surface area contributed by atoms with Crippen molar-refractivity contribution >= 4 is 0 Å². The number of hydrogen-bond donors (Lipinski definition) is 1. The molecule has 1 aliphatic carbocycles. The van der Waals surface area contributed by atoms with Crippen LogP contribution in [0, 0.1) is 11.8 Å². The molecule has 0 aromatic carbocycles. The molecule has 1 heterocycles. The van der Waals surface area contributed by atoms with Crippen molar-refractivity contribution in [3.8, 4) is 0 Å². The molecule has 1 saturated carbocycles. The molecule has 1 aromatic rings. The van der Waals surface area contributed by atoms with Gasteiger partial charge in [-0.25, -0.2) is 4.98 Å². The van der Waals surface area contributed by atoms with E-state index in [2.05, 4.69) is 47.7 Å². The van der Waals surface area contributed by atoms with Crippen LogP contribution in [-0.4, -0.2) is 40.6 Å². The molecule has 1 N–H and O–H groups in total. The van der Waals surface area contributed by atoms with Gasteiger partial charge in [0.05, 0.1) is 6.54 Å². The van der Waals surface area contributed by atoms with Crippen molar-refractivity contribution in [2.45, 2.75) is 39.3 Å². The number of nitrogens with zero attached hydrogens (tertiary/aromatic N) is 3.